The van der Waals surface area contributed by atoms with E-state index in [1.165, 1.54) is 12.8 Å². The number of rotatable bonds is 1. The van der Waals surface area contributed by atoms with Gasteiger partial charge in [-0.1, -0.05) is 19.3 Å². The minimum absolute atomic E-state index is 0.0280. The number of hydrogen-bond donors (Lipinski definition) is 1. The van der Waals surface area contributed by atoms with Gasteiger partial charge in [0.2, 0.25) is 5.91 Å². The number of nitrogens with two attached hydrogens (primary N) is 1. The highest BCUT2D eigenvalue weighted by molar-refractivity contribution is 5.80. The Bertz CT molecular complexity index is 292. The molecule has 0 aromatic heterocycles. The molecule has 4 heteroatoms. The summed E-state index contributed by atoms with van der Waals surface area (Å²) in [6.45, 7) is 5.45. The minimum Gasteiger partial charge on any atom is -0.375 e. The molecule has 2 aliphatic rings. The van der Waals surface area contributed by atoms with Crippen LogP contribution in [0, 0.1) is 5.92 Å². The van der Waals surface area contributed by atoms with Gasteiger partial charge in [-0.25, -0.2) is 0 Å². The molecule has 4 nitrogen and oxygen atoms in total. The molecule has 0 radical (unpaired) electrons. The summed E-state index contributed by atoms with van der Waals surface area (Å²) in [7, 11) is 0. The molecule has 1 saturated heterocycles. The van der Waals surface area contributed by atoms with Gasteiger partial charge in [0.25, 0.3) is 0 Å². The lowest BCUT2D eigenvalue weighted by Crippen LogP contribution is -2.54. The fraction of sp³-hybridized carbons (Fsp3) is 0.929. The third kappa shape index (κ3) is 3.04. The van der Waals surface area contributed by atoms with Crippen molar-refractivity contribution in [2.24, 2.45) is 11.7 Å². The van der Waals surface area contributed by atoms with Gasteiger partial charge in [0.1, 0.15) is 0 Å². The van der Waals surface area contributed by atoms with Crippen molar-refractivity contribution in [3.8, 4) is 0 Å². The molecule has 0 spiro atoms. The molecule has 1 heterocycles. The Morgan fingerprint density at radius 1 is 1.22 bits per heavy atom. The van der Waals surface area contributed by atoms with Crippen LogP contribution in [0.4, 0.5) is 0 Å². The first-order chi connectivity index (χ1) is 8.59. The maximum absolute atomic E-state index is 12.7. The van der Waals surface area contributed by atoms with Crippen LogP contribution in [0.3, 0.4) is 0 Å². The van der Waals surface area contributed by atoms with E-state index in [4.69, 9.17) is 10.5 Å². The molecule has 1 aliphatic heterocycles. The van der Waals surface area contributed by atoms with Crippen LogP contribution < -0.4 is 5.73 Å². The summed E-state index contributed by atoms with van der Waals surface area (Å²) in [5, 5.41) is 0. The number of amides is 1. The van der Waals surface area contributed by atoms with Gasteiger partial charge in [0, 0.05) is 12.6 Å². The number of ether oxygens (including phenoxy) is 1. The maximum atomic E-state index is 12.7. The summed E-state index contributed by atoms with van der Waals surface area (Å²) in [5.41, 5.74) is 6.19. The molecule has 1 amide bonds. The molecular weight excluding hydrogens is 228 g/mol. The highest BCUT2D eigenvalue weighted by Gasteiger charge is 2.35. The lowest BCUT2D eigenvalue weighted by atomic mass is 9.93. The molecule has 0 aromatic rings. The van der Waals surface area contributed by atoms with Crippen molar-refractivity contribution in [1.29, 1.82) is 0 Å². The number of morpholine rings is 1. The van der Waals surface area contributed by atoms with Crippen LogP contribution >= 0.6 is 0 Å². The normalized spacial score (nSPS) is 38.3. The van der Waals surface area contributed by atoms with Crippen LogP contribution in [0.2, 0.25) is 0 Å². The van der Waals surface area contributed by atoms with Crippen molar-refractivity contribution in [3.63, 3.8) is 0 Å². The lowest BCUT2D eigenvalue weighted by Gasteiger charge is -2.39. The molecule has 18 heavy (non-hydrogen) atoms. The fourth-order valence-corrected chi connectivity index (χ4v) is 3.07. The molecule has 1 saturated carbocycles. The van der Waals surface area contributed by atoms with Crippen molar-refractivity contribution < 1.29 is 9.53 Å². The van der Waals surface area contributed by atoms with E-state index in [2.05, 4.69) is 6.92 Å². The summed E-state index contributed by atoms with van der Waals surface area (Å²) < 4.78 is 5.58. The Morgan fingerprint density at radius 2 is 1.94 bits per heavy atom. The zero-order valence-electron chi connectivity index (χ0n) is 11.6. The molecule has 2 fully saturated rings. The smallest absolute Gasteiger partial charge is 0.227 e. The topological polar surface area (TPSA) is 55.6 Å². The highest BCUT2D eigenvalue weighted by Crippen LogP contribution is 2.26. The van der Waals surface area contributed by atoms with Crippen LogP contribution in [-0.2, 0) is 9.53 Å². The first-order valence-corrected chi connectivity index (χ1v) is 7.27. The van der Waals surface area contributed by atoms with Gasteiger partial charge >= 0.3 is 0 Å². The van der Waals surface area contributed by atoms with Crippen LogP contribution in [0.25, 0.3) is 0 Å². The van der Waals surface area contributed by atoms with E-state index in [1.807, 2.05) is 11.8 Å². The predicted octanol–water partition coefficient (Wildman–Crippen LogP) is 1.53. The van der Waals surface area contributed by atoms with Crippen molar-refractivity contribution in [3.05, 3.63) is 0 Å². The summed E-state index contributed by atoms with van der Waals surface area (Å²) in [6.07, 6.45) is 5.61. The van der Waals surface area contributed by atoms with E-state index in [0.29, 0.717) is 13.2 Å². The van der Waals surface area contributed by atoms with Crippen molar-refractivity contribution in [2.45, 2.75) is 64.1 Å². The molecule has 0 aromatic carbocycles. The second-order valence-electron chi connectivity index (χ2n) is 5.89. The summed E-state index contributed by atoms with van der Waals surface area (Å²) in [5.74, 6) is 0.285. The molecule has 2 rings (SSSR count). The van der Waals surface area contributed by atoms with E-state index in [0.717, 1.165) is 19.3 Å². The van der Waals surface area contributed by atoms with E-state index >= 15 is 0 Å². The Hall–Kier alpha value is -0.610. The Morgan fingerprint density at radius 3 is 2.72 bits per heavy atom. The average molecular weight is 254 g/mol. The van der Waals surface area contributed by atoms with Gasteiger partial charge in [-0.05, 0) is 26.7 Å². The lowest BCUT2D eigenvalue weighted by molar-refractivity contribution is -0.148. The van der Waals surface area contributed by atoms with Gasteiger partial charge in [-0.15, -0.1) is 0 Å². The molecule has 1 aliphatic carbocycles. The number of nitrogens with zero attached hydrogens (tertiary/aromatic N) is 1. The highest BCUT2D eigenvalue weighted by atomic mass is 16.5. The van der Waals surface area contributed by atoms with Crippen LogP contribution in [0.1, 0.15) is 46.0 Å². The minimum atomic E-state index is 0.0280. The zero-order valence-corrected chi connectivity index (χ0v) is 11.6. The van der Waals surface area contributed by atoms with E-state index in [-0.39, 0.29) is 30.0 Å². The molecule has 4 unspecified atom stereocenters. The molecule has 4 atom stereocenters. The molecule has 0 bridgehead atoms. The van der Waals surface area contributed by atoms with E-state index < -0.39 is 0 Å². The van der Waals surface area contributed by atoms with Crippen LogP contribution in [0.15, 0.2) is 0 Å². The second-order valence-corrected chi connectivity index (χ2v) is 5.89. The quantitative estimate of drug-likeness (QED) is 0.722. The Kier molecular flexibility index (Phi) is 4.62. The molecule has 104 valence electrons. The van der Waals surface area contributed by atoms with Crippen LogP contribution in [-0.4, -0.2) is 42.1 Å². The fourth-order valence-electron chi connectivity index (χ4n) is 3.07. The van der Waals surface area contributed by atoms with Gasteiger partial charge in [0.15, 0.2) is 0 Å². The maximum Gasteiger partial charge on any atom is 0.227 e. The van der Waals surface area contributed by atoms with E-state index in [1.54, 1.807) is 0 Å². The average Bonchev–Trinajstić information content (AvgIpc) is 2.56. The Labute approximate surface area is 110 Å². The van der Waals surface area contributed by atoms with Crippen LogP contribution in [0.5, 0.6) is 0 Å². The van der Waals surface area contributed by atoms with Gasteiger partial charge < -0.3 is 15.4 Å². The Balaban J connectivity index is 2.03. The van der Waals surface area contributed by atoms with Gasteiger partial charge in [-0.2, -0.15) is 0 Å². The third-order valence-electron chi connectivity index (χ3n) is 4.28. The van der Waals surface area contributed by atoms with Crippen molar-refractivity contribution in [1.82, 2.24) is 4.90 Å². The summed E-state index contributed by atoms with van der Waals surface area (Å²) in [6, 6.07) is 0.231. The number of carbonyl (C=O) groups is 1. The monoisotopic (exact) mass is 254 g/mol. The van der Waals surface area contributed by atoms with Gasteiger partial charge in [-0.3, -0.25) is 4.79 Å². The second kappa shape index (κ2) is 6.02. The zero-order chi connectivity index (χ0) is 13.1. The third-order valence-corrected chi connectivity index (χ3v) is 4.28. The molecule has 2 N–H and O–H groups in total. The van der Waals surface area contributed by atoms with Gasteiger partial charge in [0.05, 0.1) is 24.7 Å². The first-order valence-electron chi connectivity index (χ1n) is 7.27. The van der Waals surface area contributed by atoms with Crippen molar-refractivity contribution >= 4 is 5.91 Å². The largest absolute Gasteiger partial charge is 0.375 e. The number of hydrogen-bond acceptors (Lipinski definition) is 3. The summed E-state index contributed by atoms with van der Waals surface area (Å²) in [4.78, 5) is 14.7. The van der Waals surface area contributed by atoms with Crippen molar-refractivity contribution in [2.75, 3.05) is 13.2 Å². The predicted molar refractivity (Wildman–Crippen MR) is 71.1 cm³/mol. The summed E-state index contributed by atoms with van der Waals surface area (Å²) >= 11 is 0. The number of carbonyl (C=O) groups excluding carboxylic acids is 1. The molecular formula is C14H26N2O2. The van der Waals surface area contributed by atoms with E-state index in [9.17, 15) is 4.79 Å². The SMILES string of the molecule is CC1CN(C(=O)C2CCCCCC2N)C(C)CO1. The first kappa shape index (κ1) is 13.8. The standard InChI is InChI=1S/C14H26N2O2/c1-10-9-18-11(2)8-16(10)14(17)12-6-4-3-5-7-13(12)15/h10-13H,3-9,15H2,1-2H3.